The molecule has 0 aliphatic rings. The van der Waals surface area contributed by atoms with E-state index in [-0.39, 0.29) is 11.9 Å². The molecule has 0 saturated carbocycles. The molecular formula is C17H21FN2. The largest absolute Gasteiger partial charge is 0.271 e. The highest BCUT2D eigenvalue weighted by atomic mass is 19.1. The van der Waals surface area contributed by atoms with Crippen LogP contribution >= 0.6 is 0 Å². The highest BCUT2D eigenvalue weighted by Gasteiger charge is 2.17. The number of hydrogen-bond donors (Lipinski definition) is 2. The summed E-state index contributed by atoms with van der Waals surface area (Å²) in [5.74, 6) is 5.91. The van der Waals surface area contributed by atoms with Crippen molar-refractivity contribution in [3.63, 3.8) is 0 Å². The van der Waals surface area contributed by atoms with Crippen LogP contribution in [-0.4, -0.2) is 0 Å². The van der Waals surface area contributed by atoms with Gasteiger partial charge in [0.1, 0.15) is 5.82 Å². The molecule has 0 aliphatic carbocycles. The molecule has 0 aliphatic heterocycles. The first-order valence-corrected chi connectivity index (χ1v) is 6.85. The van der Waals surface area contributed by atoms with Crippen LogP contribution in [-0.2, 0) is 0 Å². The minimum absolute atomic E-state index is 0.205. The van der Waals surface area contributed by atoms with E-state index in [9.17, 15) is 4.39 Å². The average Bonchev–Trinajstić information content (AvgIpc) is 2.45. The van der Waals surface area contributed by atoms with Gasteiger partial charge in [-0.3, -0.25) is 5.84 Å². The van der Waals surface area contributed by atoms with E-state index in [2.05, 4.69) is 31.4 Å². The molecule has 0 bridgehead atoms. The lowest BCUT2D eigenvalue weighted by Gasteiger charge is -2.19. The predicted molar refractivity (Wildman–Crippen MR) is 80.8 cm³/mol. The van der Waals surface area contributed by atoms with Gasteiger partial charge in [0.15, 0.2) is 0 Å². The molecule has 0 saturated heterocycles. The van der Waals surface area contributed by atoms with E-state index in [0.717, 1.165) is 5.56 Å². The fourth-order valence-corrected chi connectivity index (χ4v) is 2.33. The molecule has 2 rings (SSSR count). The van der Waals surface area contributed by atoms with Crippen LogP contribution in [0, 0.1) is 12.7 Å². The Morgan fingerprint density at radius 1 is 1.00 bits per heavy atom. The fourth-order valence-electron chi connectivity index (χ4n) is 2.33. The lowest BCUT2D eigenvalue weighted by molar-refractivity contribution is 0.554. The van der Waals surface area contributed by atoms with E-state index in [1.54, 1.807) is 19.1 Å². The van der Waals surface area contributed by atoms with Crippen LogP contribution in [0.2, 0.25) is 0 Å². The predicted octanol–water partition coefficient (Wildman–Crippen LogP) is 3.81. The van der Waals surface area contributed by atoms with Crippen LogP contribution in [0.1, 0.15) is 48.1 Å². The van der Waals surface area contributed by atoms with Crippen LogP contribution in [0.25, 0.3) is 0 Å². The van der Waals surface area contributed by atoms with Crippen molar-refractivity contribution in [2.45, 2.75) is 32.7 Å². The van der Waals surface area contributed by atoms with E-state index in [1.807, 2.05) is 18.2 Å². The first-order valence-electron chi connectivity index (χ1n) is 6.85. The van der Waals surface area contributed by atoms with E-state index < -0.39 is 0 Å². The van der Waals surface area contributed by atoms with Crippen LogP contribution in [0.3, 0.4) is 0 Å². The average molecular weight is 272 g/mol. The summed E-state index contributed by atoms with van der Waals surface area (Å²) in [6, 6.07) is 13.2. The molecule has 1 atom stereocenters. The lowest BCUT2D eigenvalue weighted by atomic mass is 9.94. The smallest absolute Gasteiger partial charge is 0.131 e. The molecule has 0 radical (unpaired) electrons. The number of hydrogen-bond acceptors (Lipinski definition) is 2. The van der Waals surface area contributed by atoms with Crippen molar-refractivity contribution in [3.05, 3.63) is 70.5 Å². The molecule has 1 unspecified atom stereocenters. The van der Waals surface area contributed by atoms with Crippen molar-refractivity contribution in [2.24, 2.45) is 5.84 Å². The van der Waals surface area contributed by atoms with Gasteiger partial charge in [-0.25, -0.2) is 9.82 Å². The molecule has 2 nitrogen and oxygen atoms in total. The van der Waals surface area contributed by atoms with Gasteiger partial charge < -0.3 is 0 Å². The number of benzene rings is 2. The summed E-state index contributed by atoms with van der Waals surface area (Å²) in [5.41, 5.74) is 6.13. The third-order valence-electron chi connectivity index (χ3n) is 3.64. The summed E-state index contributed by atoms with van der Waals surface area (Å²) in [4.78, 5) is 0. The Hall–Kier alpha value is -1.71. The van der Waals surface area contributed by atoms with Crippen molar-refractivity contribution in [1.82, 2.24) is 5.43 Å². The van der Waals surface area contributed by atoms with Crippen molar-refractivity contribution in [2.75, 3.05) is 0 Å². The van der Waals surface area contributed by atoms with Crippen LogP contribution < -0.4 is 11.3 Å². The van der Waals surface area contributed by atoms with Crippen molar-refractivity contribution >= 4 is 0 Å². The van der Waals surface area contributed by atoms with Gasteiger partial charge in [-0.05, 0) is 29.5 Å². The minimum Gasteiger partial charge on any atom is -0.271 e. The molecule has 3 N–H and O–H groups in total. The standard InChI is InChI=1S/C17H21FN2/c1-11(2)13-7-9-14(10-8-13)17(20-19)15-6-4-5-12(3)16(15)18/h4-11,17,20H,19H2,1-3H3. The molecule has 0 spiro atoms. The third-order valence-corrected chi connectivity index (χ3v) is 3.64. The SMILES string of the molecule is Cc1cccc(C(NN)c2ccc(C(C)C)cc2)c1F. The second kappa shape index (κ2) is 6.16. The zero-order valence-corrected chi connectivity index (χ0v) is 12.2. The van der Waals surface area contributed by atoms with Crippen molar-refractivity contribution in [1.29, 1.82) is 0 Å². The summed E-state index contributed by atoms with van der Waals surface area (Å²) in [6.07, 6.45) is 0. The van der Waals surface area contributed by atoms with Gasteiger partial charge in [0.05, 0.1) is 6.04 Å². The fraction of sp³-hybridized carbons (Fsp3) is 0.294. The van der Waals surface area contributed by atoms with E-state index >= 15 is 0 Å². The molecule has 0 fully saturated rings. The minimum atomic E-state index is -0.337. The second-order valence-electron chi connectivity index (χ2n) is 5.40. The number of rotatable bonds is 4. The van der Waals surface area contributed by atoms with Gasteiger partial charge in [-0.2, -0.15) is 0 Å². The summed E-state index contributed by atoms with van der Waals surface area (Å²) in [5, 5.41) is 0. The Morgan fingerprint density at radius 2 is 1.60 bits per heavy atom. The van der Waals surface area contributed by atoms with Crippen LogP contribution in [0.15, 0.2) is 42.5 Å². The van der Waals surface area contributed by atoms with E-state index in [0.29, 0.717) is 17.0 Å². The maximum atomic E-state index is 14.2. The molecule has 106 valence electrons. The maximum absolute atomic E-state index is 14.2. The van der Waals surface area contributed by atoms with Gasteiger partial charge in [0, 0.05) is 5.56 Å². The molecule has 20 heavy (non-hydrogen) atoms. The van der Waals surface area contributed by atoms with E-state index in [1.165, 1.54) is 5.56 Å². The molecule has 0 aromatic heterocycles. The number of halogens is 1. The first-order chi connectivity index (χ1) is 9.54. The summed E-state index contributed by atoms with van der Waals surface area (Å²) >= 11 is 0. The lowest BCUT2D eigenvalue weighted by Crippen LogP contribution is -2.29. The van der Waals surface area contributed by atoms with Crippen LogP contribution in [0.5, 0.6) is 0 Å². The van der Waals surface area contributed by atoms with Gasteiger partial charge in [0.2, 0.25) is 0 Å². The van der Waals surface area contributed by atoms with E-state index in [4.69, 9.17) is 5.84 Å². The summed E-state index contributed by atoms with van der Waals surface area (Å²) in [7, 11) is 0. The van der Waals surface area contributed by atoms with Gasteiger partial charge in [-0.15, -0.1) is 0 Å². The Labute approximate surface area is 119 Å². The van der Waals surface area contributed by atoms with Crippen LogP contribution in [0.4, 0.5) is 4.39 Å². The molecule has 3 heteroatoms. The number of hydrazine groups is 1. The Morgan fingerprint density at radius 3 is 2.15 bits per heavy atom. The Balaban J connectivity index is 2.39. The molecule has 2 aromatic carbocycles. The molecule has 2 aromatic rings. The number of aryl methyl sites for hydroxylation is 1. The monoisotopic (exact) mass is 272 g/mol. The Bertz CT molecular complexity index is 576. The Kier molecular flexibility index (Phi) is 4.53. The number of nitrogens with two attached hydrogens (primary N) is 1. The molecular weight excluding hydrogens is 251 g/mol. The van der Waals surface area contributed by atoms with Gasteiger partial charge in [0.25, 0.3) is 0 Å². The molecule has 0 amide bonds. The van der Waals surface area contributed by atoms with Crippen molar-refractivity contribution < 1.29 is 4.39 Å². The second-order valence-corrected chi connectivity index (χ2v) is 5.40. The first kappa shape index (κ1) is 14.7. The third kappa shape index (κ3) is 2.89. The highest BCUT2D eigenvalue weighted by Crippen LogP contribution is 2.26. The van der Waals surface area contributed by atoms with Crippen molar-refractivity contribution in [3.8, 4) is 0 Å². The molecule has 0 heterocycles. The van der Waals surface area contributed by atoms with Gasteiger partial charge >= 0.3 is 0 Å². The zero-order valence-electron chi connectivity index (χ0n) is 12.2. The quantitative estimate of drug-likeness (QED) is 0.656. The summed E-state index contributed by atoms with van der Waals surface area (Å²) in [6.45, 7) is 6.05. The normalized spacial score (nSPS) is 12.7. The maximum Gasteiger partial charge on any atom is 0.131 e. The van der Waals surface area contributed by atoms with Gasteiger partial charge in [-0.1, -0.05) is 56.3 Å². The zero-order chi connectivity index (χ0) is 14.7. The topological polar surface area (TPSA) is 38.0 Å². The number of nitrogens with one attached hydrogen (secondary N) is 1. The highest BCUT2D eigenvalue weighted by molar-refractivity contribution is 5.36. The summed E-state index contributed by atoms with van der Waals surface area (Å²) < 4.78 is 14.2.